The van der Waals surface area contributed by atoms with Gasteiger partial charge in [0.15, 0.2) is 11.5 Å². The lowest BCUT2D eigenvalue weighted by atomic mass is 10.1. The standard InChI is InChI=1S/C23H23N5OS/c1-17-5-7-19(8-6-17)16-28-23(27-13-3-4-14-27)21(25-26-28)22(29)24-15-18-9-11-20(30-2)12-10-18/h3-14H,15-16H2,1-2H3,(H,24,29). The smallest absolute Gasteiger partial charge is 0.276 e. The van der Waals surface area contributed by atoms with E-state index in [-0.39, 0.29) is 5.91 Å². The highest BCUT2D eigenvalue weighted by atomic mass is 32.2. The zero-order chi connectivity index (χ0) is 20.9. The molecule has 0 radical (unpaired) electrons. The molecule has 6 nitrogen and oxygen atoms in total. The average Bonchev–Trinajstić information content (AvgIpc) is 3.44. The van der Waals surface area contributed by atoms with Crippen LogP contribution in [0.25, 0.3) is 5.82 Å². The van der Waals surface area contributed by atoms with Gasteiger partial charge in [-0.3, -0.25) is 4.79 Å². The number of hydrogen-bond acceptors (Lipinski definition) is 4. The van der Waals surface area contributed by atoms with E-state index in [0.29, 0.717) is 24.6 Å². The van der Waals surface area contributed by atoms with Gasteiger partial charge in [0, 0.05) is 23.8 Å². The van der Waals surface area contributed by atoms with E-state index in [1.807, 2.05) is 47.5 Å². The van der Waals surface area contributed by atoms with E-state index in [1.54, 1.807) is 16.4 Å². The second-order valence-corrected chi connectivity index (χ2v) is 7.91. The van der Waals surface area contributed by atoms with Crippen molar-refractivity contribution < 1.29 is 4.79 Å². The molecular formula is C23H23N5OS. The number of hydrogen-bond donors (Lipinski definition) is 1. The van der Waals surface area contributed by atoms with Crippen molar-refractivity contribution in [3.63, 3.8) is 0 Å². The van der Waals surface area contributed by atoms with Crippen LogP contribution in [0.1, 0.15) is 27.2 Å². The quantitative estimate of drug-likeness (QED) is 0.460. The molecule has 4 rings (SSSR count). The summed E-state index contributed by atoms with van der Waals surface area (Å²) in [5.74, 6) is 0.401. The number of nitrogens with zero attached hydrogens (tertiary/aromatic N) is 4. The zero-order valence-electron chi connectivity index (χ0n) is 16.9. The van der Waals surface area contributed by atoms with Crippen LogP contribution in [0.3, 0.4) is 0 Å². The molecule has 4 aromatic rings. The van der Waals surface area contributed by atoms with Crippen LogP contribution in [-0.2, 0) is 13.1 Å². The predicted octanol–water partition coefficient (Wildman–Crippen LogP) is 4.08. The second-order valence-electron chi connectivity index (χ2n) is 7.03. The van der Waals surface area contributed by atoms with Gasteiger partial charge in [-0.15, -0.1) is 16.9 Å². The fourth-order valence-corrected chi connectivity index (χ4v) is 3.58. The van der Waals surface area contributed by atoms with Crippen LogP contribution in [0.4, 0.5) is 0 Å². The van der Waals surface area contributed by atoms with Crippen LogP contribution in [0.5, 0.6) is 0 Å². The van der Waals surface area contributed by atoms with Crippen molar-refractivity contribution in [3.8, 4) is 5.82 Å². The molecule has 0 fully saturated rings. The van der Waals surface area contributed by atoms with Crippen LogP contribution < -0.4 is 5.32 Å². The van der Waals surface area contributed by atoms with Gasteiger partial charge in [-0.2, -0.15) is 0 Å². The van der Waals surface area contributed by atoms with E-state index < -0.39 is 0 Å². The van der Waals surface area contributed by atoms with Gasteiger partial charge in [0.1, 0.15) is 0 Å². The third-order valence-corrected chi connectivity index (χ3v) is 5.58. The molecule has 0 saturated carbocycles. The molecule has 152 valence electrons. The maximum atomic E-state index is 12.9. The Hall–Kier alpha value is -3.32. The van der Waals surface area contributed by atoms with Crippen LogP contribution in [0.2, 0.25) is 0 Å². The average molecular weight is 418 g/mol. The fourth-order valence-electron chi connectivity index (χ4n) is 3.17. The molecule has 1 N–H and O–H groups in total. The maximum absolute atomic E-state index is 12.9. The predicted molar refractivity (Wildman–Crippen MR) is 119 cm³/mol. The Labute approximate surface area is 179 Å². The van der Waals surface area contributed by atoms with Crippen molar-refractivity contribution in [1.82, 2.24) is 24.9 Å². The van der Waals surface area contributed by atoms with Crippen molar-refractivity contribution in [2.24, 2.45) is 0 Å². The number of aryl methyl sites for hydroxylation is 1. The molecule has 7 heteroatoms. The number of amides is 1. The van der Waals surface area contributed by atoms with Gasteiger partial charge in [-0.05, 0) is 48.6 Å². The molecule has 0 spiro atoms. The summed E-state index contributed by atoms with van der Waals surface area (Å²) in [6.07, 6.45) is 5.82. The van der Waals surface area contributed by atoms with Gasteiger partial charge in [-0.25, -0.2) is 4.68 Å². The minimum atomic E-state index is -0.247. The molecule has 0 aliphatic carbocycles. The van der Waals surface area contributed by atoms with E-state index in [0.717, 1.165) is 11.1 Å². The summed E-state index contributed by atoms with van der Waals surface area (Å²) in [6.45, 7) is 3.02. The van der Waals surface area contributed by atoms with E-state index in [1.165, 1.54) is 10.5 Å². The van der Waals surface area contributed by atoms with Crippen LogP contribution in [-0.4, -0.2) is 31.7 Å². The van der Waals surface area contributed by atoms with Gasteiger partial charge < -0.3 is 9.88 Å². The minimum absolute atomic E-state index is 0.247. The third kappa shape index (κ3) is 4.46. The van der Waals surface area contributed by atoms with Crippen LogP contribution >= 0.6 is 11.8 Å². The normalized spacial score (nSPS) is 10.9. The number of aromatic nitrogens is 4. The lowest BCUT2D eigenvalue weighted by Gasteiger charge is -2.10. The first-order valence-corrected chi connectivity index (χ1v) is 10.9. The van der Waals surface area contributed by atoms with Crippen molar-refractivity contribution in [2.75, 3.05) is 6.26 Å². The molecule has 0 bridgehead atoms. The molecule has 0 aliphatic heterocycles. The van der Waals surface area contributed by atoms with E-state index in [2.05, 4.69) is 59.0 Å². The maximum Gasteiger partial charge on any atom is 0.276 e. The topological polar surface area (TPSA) is 64.7 Å². The monoisotopic (exact) mass is 417 g/mol. The Morgan fingerprint density at radius 1 is 1.00 bits per heavy atom. The summed E-state index contributed by atoms with van der Waals surface area (Å²) in [5, 5.41) is 11.4. The molecule has 2 heterocycles. The van der Waals surface area contributed by atoms with Gasteiger partial charge in [0.05, 0.1) is 6.54 Å². The van der Waals surface area contributed by atoms with Crippen molar-refractivity contribution in [1.29, 1.82) is 0 Å². The summed E-state index contributed by atoms with van der Waals surface area (Å²) in [7, 11) is 0. The SMILES string of the molecule is CSc1ccc(CNC(=O)c2nnn(Cc3ccc(C)cc3)c2-n2cccc2)cc1. The fraction of sp³-hybridized carbons (Fsp3) is 0.174. The molecule has 2 aromatic heterocycles. The number of benzene rings is 2. The molecular weight excluding hydrogens is 394 g/mol. The molecule has 0 unspecified atom stereocenters. The summed E-state index contributed by atoms with van der Waals surface area (Å²) in [4.78, 5) is 14.1. The zero-order valence-corrected chi connectivity index (χ0v) is 17.8. The van der Waals surface area contributed by atoms with Crippen LogP contribution in [0, 0.1) is 6.92 Å². The van der Waals surface area contributed by atoms with Gasteiger partial charge >= 0.3 is 0 Å². The summed E-state index contributed by atoms with van der Waals surface area (Å²) in [6, 6.07) is 20.2. The highest BCUT2D eigenvalue weighted by Gasteiger charge is 2.21. The first kappa shape index (κ1) is 20.0. The van der Waals surface area contributed by atoms with Crippen LogP contribution in [0.15, 0.2) is 78.0 Å². The number of carbonyl (C=O) groups is 1. The number of rotatable bonds is 7. The Morgan fingerprint density at radius 2 is 1.67 bits per heavy atom. The largest absolute Gasteiger partial charge is 0.346 e. The van der Waals surface area contributed by atoms with Crippen molar-refractivity contribution in [2.45, 2.75) is 24.9 Å². The summed E-state index contributed by atoms with van der Waals surface area (Å²) >= 11 is 1.69. The first-order chi connectivity index (χ1) is 14.6. The summed E-state index contributed by atoms with van der Waals surface area (Å²) < 4.78 is 3.63. The Bertz CT molecular complexity index is 1120. The molecule has 0 aliphatic rings. The van der Waals surface area contributed by atoms with Crippen molar-refractivity contribution in [3.05, 3.63) is 95.4 Å². The second kappa shape index (κ2) is 9.00. The number of carbonyl (C=O) groups excluding carboxylic acids is 1. The van der Waals surface area contributed by atoms with E-state index >= 15 is 0 Å². The first-order valence-electron chi connectivity index (χ1n) is 9.67. The van der Waals surface area contributed by atoms with E-state index in [4.69, 9.17) is 0 Å². The molecule has 2 aromatic carbocycles. The highest BCUT2D eigenvalue weighted by Crippen LogP contribution is 2.17. The highest BCUT2D eigenvalue weighted by molar-refractivity contribution is 7.98. The van der Waals surface area contributed by atoms with Gasteiger partial charge in [0.25, 0.3) is 5.91 Å². The number of nitrogens with one attached hydrogen (secondary N) is 1. The molecule has 30 heavy (non-hydrogen) atoms. The van der Waals surface area contributed by atoms with Crippen molar-refractivity contribution >= 4 is 17.7 Å². The Balaban J connectivity index is 1.56. The molecule has 0 atom stereocenters. The van der Waals surface area contributed by atoms with Gasteiger partial charge in [-0.1, -0.05) is 47.2 Å². The lowest BCUT2D eigenvalue weighted by molar-refractivity contribution is 0.0946. The molecule has 1 amide bonds. The Morgan fingerprint density at radius 3 is 2.33 bits per heavy atom. The summed E-state index contributed by atoms with van der Waals surface area (Å²) in [5.41, 5.74) is 3.64. The number of thioether (sulfide) groups is 1. The van der Waals surface area contributed by atoms with Gasteiger partial charge in [0.2, 0.25) is 0 Å². The molecule has 0 saturated heterocycles. The minimum Gasteiger partial charge on any atom is -0.346 e. The third-order valence-electron chi connectivity index (χ3n) is 4.84. The van der Waals surface area contributed by atoms with E-state index in [9.17, 15) is 4.79 Å². The Kier molecular flexibility index (Phi) is 5.99. The lowest BCUT2D eigenvalue weighted by Crippen LogP contribution is -2.25.